The molecule has 0 bridgehead atoms. The maximum Gasteiger partial charge on any atom is 0.418 e. The van der Waals surface area contributed by atoms with Gasteiger partial charge in [0.2, 0.25) is 5.91 Å². The molecule has 4 aromatic rings. The molecule has 0 spiro atoms. The van der Waals surface area contributed by atoms with Gasteiger partial charge in [-0.25, -0.2) is 19.2 Å². The molecule has 4 aromatic carbocycles. The number of nitrogens with one attached hydrogen (secondary N) is 4. The lowest BCUT2D eigenvalue weighted by Gasteiger charge is -2.34. The van der Waals surface area contributed by atoms with Gasteiger partial charge in [0, 0.05) is 48.7 Å². The number of amidine groups is 2. The molecule has 2 atom stereocenters. The molecule has 0 aliphatic carbocycles. The average molecular weight is 971 g/mol. The molecule has 0 aromatic heterocycles. The second-order valence-electron chi connectivity index (χ2n) is 15.4. The number of carbonyl (C=O) groups is 6. The third-order valence-corrected chi connectivity index (χ3v) is 10.8. The molecule has 0 saturated carbocycles. The molecular formula is C46H50N8O14S. The zero-order valence-electron chi connectivity index (χ0n) is 37.5. The van der Waals surface area contributed by atoms with Gasteiger partial charge in [0.1, 0.15) is 42.0 Å². The Bertz CT molecular complexity index is 2610. The normalized spacial score (nSPS) is 16.9. The Labute approximate surface area is 397 Å². The molecule has 4 N–H and O–H groups in total. The number of nitrogens with zero attached hydrogens (tertiary/aromatic N) is 4. The van der Waals surface area contributed by atoms with Crippen LogP contribution in [0.5, 0.6) is 11.5 Å². The molecule has 7 rings (SSSR count). The van der Waals surface area contributed by atoms with Crippen molar-refractivity contribution < 1.29 is 65.1 Å². The van der Waals surface area contributed by atoms with E-state index in [0.717, 1.165) is 6.26 Å². The Morgan fingerprint density at radius 1 is 0.696 bits per heavy atom. The molecule has 2 unspecified atom stereocenters. The second kappa shape index (κ2) is 23.7. The van der Waals surface area contributed by atoms with Crippen molar-refractivity contribution in [3.8, 4) is 11.5 Å². The number of piperazine rings is 1. The van der Waals surface area contributed by atoms with Gasteiger partial charge in [0.25, 0.3) is 10.1 Å². The van der Waals surface area contributed by atoms with Crippen molar-refractivity contribution in [2.75, 3.05) is 75.1 Å². The Morgan fingerprint density at radius 2 is 1.17 bits per heavy atom. The van der Waals surface area contributed by atoms with Crippen LogP contribution in [0.25, 0.3) is 0 Å². The summed E-state index contributed by atoms with van der Waals surface area (Å²) in [5.74, 6) is -0.00895. The number of cyclic esters (lactones) is 2. The van der Waals surface area contributed by atoms with Crippen LogP contribution in [0.15, 0.2) is 109 Å². The number of hydrogen-bond acceptors (Lipinski definition) is 17. The third kappa shape index (κ3) is 15.3. The van der Waals surface area contributed by atoms with Gasteiger partial charge in [-0.3, -0.25) is 49.9 Å². The average Bonchev–Trinajstić information content (AvgIpc) is 3.89. The van der Waals surface area contributed by atoms with Crippen LogP contribution in [-0.4, -0.2) is 144 Å². The van der Waals surface area contributed by atoms with Crippen LogP contribution in [0, 0.1) is 10.8 Å². The molecule has 3 saturated heterocycles. The zero-order chi connectivity index (χ0) is 49.5. The van der Waals surface area contributed by atoms with Crippen molar-refractivity contribution in [1.82, 2.24) is 20.4 Å². The van der Waals surface area contributed by atoms with E-state index in [0.29, 0.717) is 73.3 Å². The van der Waals surface area contributed by atoms with E-state index in [4.69, 9.17) is 34.5 Å². The zero-order valence-corrected chi connectivity index (χ0v) is 38.3. The highest BCUT2D eigenvalue weighted by atomic mass is 32.2. The van der Waals surface area contributed by atoms with Gasteiger partial charge in [-0.2, -0.15) is 8.42 Å². The van der Waals surface area contributed by atoms with Crippen molar-refractivity contribution >= 4 is 69.4 Å². The molecule has 0 radical (unpaired) electrons. The number of esters is 1. The van der Waals surface area contributed by atoms with E-state index in [2.05, 4.69) is 14.8 Å². The highest BCUT2D eigenvalue weighted by molar-refractivity contribution is 7.86. The van der Waals surface area contributed by atoms with Crippen LogP contribution in [0.3, 0.4) is 0 Å². The molecule has 69 heavy (non-hydrogen) atoms. The highest BCUT2D eigenvalue weighted by Gasteiger charge is 2.36. The fourth-order valence-corrected chi connectivity index (χ4v) is 7.35. The summed E-state index contributed by atoms with van der Waals surface area (Å²) in [4.78, 5) is 79.0. The number of anilines is 2. The second-order valence-corrected chi connectivity index (χ2v) is 17.0. The maximum absolute atomic E-state index is 12.5. The fraction of sp³-hybridized carbons (Fsp3) is 0.304. The molecule has 364 valence electrons. The van der Waals surface area contributed by atoms with Crippen LogP contribution in [0.2, 0.25) is 0 Å². The van der Waals surface area contributed by atoms with Crippen LogP contribution < -0.4 is 29.9 Å². The molecular weight excluding hydrogens is 921 g/mol. The quantitative estimate of drug-likeness (QED) is 0.0424. The fourth-order valence-electron chi connectivity index (χ4n) is 6.95. The first-order valence-electron chi connectivity index (χ1n) is 21.5. The number of rotatable bonds is 15. The van der Waals surface area contributed by atoms with E-state index in [9.17, 15) is 37.2 Å². The third-order valence-electron chi connectivity index (χ3n) is 10.3. The predicted molar refractivity (Wildman–Crippen MR) is 248 cm³/mol. The Balaban J connectivity index is 0.000000235. The number of amides is 5. The number of hydrogen-bond donors (Lipinski definition) is 4. The smallest absolute Gasteiger partial charge is 0.418 e. The standard InChI is InChI=1S/C27H31N5O7.C19H19N3O7S/c1-2-37-24(34)12-13-31-15-14-30(18-23(31)33)16-22-17-32(27(36)39-22)20-10-8-19(9-11-20)25(28)29-26(35)38-21-6-4-3-5-7-21;1-30(25,26)27-12-16-11-22(19(24)29-16)14-9-7-13(8-10-14)17(20)21-18(23)28-15-5-3-2-4-6-15/h3-11,22H,2,12-18H2,1H3,(H2,28,29,35);2-10,16H,11-12H2,1H3,(H2,20,21,23). The van der Waals surface area contributed by atoms with Crippen LogP contribution in [-0.2, 0) is 38.1 Å². The lowest BCUT2D eigenvalue weighted by molar-refractivity contribution is -0.144. The van der Waals surface area contributed by atoms with Gasteiger partial charge in [-0.05, 0) is 79.7 Å². The van der Waals surface area contributed by atoms with E-state index in [1.54, 1.807) is 121 Å². The lowest BCUT2D eigenvalue weighted by Crippen LogP contribution is -2.52. The van der Waals surface area contributed by atoms with Gasteiger partial charge < -0.3 is 28.6 Å². The van der Waals surface area contributed by atoms with Gasteiger partial charge in [0.15, 0.2) is 0 Å². The summed E-state index contributed by atoms with van der Waals surface area (Å²) in [6.45, 7) is 4.25. The van der Waals surface area contributed by atoms with E-state index < -0.39 is 46.7 Å². The molecule has 5 amide bonds. The van der Waals surface area contributed by atoms with Crippen molar-refractivity contribution in [1.29, 1.82) is 10.8 Å². The summed E-state index contributed by atoms with van der Waals surface area (Å²) in [6.07, 6.45) is -2.76. The van der Waals surface area contributed by atoms with Crippen molar-refractivity contribution in [3.05, 3.63) is 120 Å². The molecule has 3 fully saturated rings. The summed E-state index contributed by atoms with van der Waals surface area (Å²) in [7, 11) is -3.63. The van der Waals surface area contributed by atoms with Gasteiger partial charge in [0.05, 0.1) is 38.9 Å². The molecule has 3 heterocycles. The maximum atomic E-state index is 12.5. The number of para-hydroxylation sites is 2. The first-order chi connectivity index (χ1) is 33.0. The minimum atomic E-state index is -3.63. The number of carbonyl (C=O) groups excluding carboxylic acids is 6. The van der Waals surface area contributed by atoms with Gasteiger partial charge in [-0.1, -0.05) is 36.4 Å². The minimum absolute atomic E-state index is 0.0778. The molecule has 3 aliphatic heterocycles. The predicted octanol–water partition coefficient (Wildman–Crippen LogP) is 4.33. The number of ether oxygens (including phenoxy) is 5. The van der Waals surface area contributed by atoms with Crippen molar-refractivity contribution in [2.45, 2.75) is 25.6 Å². The van der Waals surface area contributed by atoms with Crippen molar-refractivity contribution in [3.63, 3.8) is 0 Å². The monoisotopic (exact) mass is 970 g/mol. The Morgan fingerprint density at radius 3 is 1.64 bits per heavy atom. The lowest BCUT2D eigenvalue weighted by atomic mass is 10.1. The first kappa shape index (κ1) is 50.5. The number of benzene rings is 4. The van der Waals surface area contributed by atoms with Crippen LogP contribution >= 0.6 is 0 Å². The first-order valence-corrected chi connectivity index (χ1v) is 23.3. The summed E-state index contributed by atoms with van der Waals surface area (Å²) in [5, 5.41) is 20.8. The topological polar surface area (TPSA) is 277 Å². The molecule has 22 nitrogen and oxygen atoms in total. The van der Waals surface area contributed by atoms with E-state index in [-0.39, 0.29) is 49.7 Å². The van der Waals surface area contributed by atoms with Gasteiger partial charge in [-0.15, -0.1) is 0 Å². The Hall–Kier alpha value is -7.89. The molecule has 3 aliphatic rings. The van der Waals surface area contributed by atoms with Crippen LogP contribution in [0.1, 0.15) is 24.5 Å². The summed E-state index contributed by atoms with van der Waals surface area (Å²) >= 11 is 0. The molecule has 23 heteroatoms. The van der Waals surface area contributed by atoms with Crippen molar-refractivity contribution in [2.24, 2.45) is 0 Å². The highest BCUT2D eigenvalue weighted by Crippen LogP contribution is 2.25. The van der Waals surface area contributed by atoms with E-state index in [1.807, 2.05) is 4.90 Å². The summed E-state index contributed by atoms with van der Waals surface area (Å²) < 4.78 is 52.5. The summed E-state index contributed by atoms with van der Waals surface area (Å²) in [5.41, 5.74) is 1.91. The van der Waals surface area contributed by atoms with Gasteiger partial charge >= 0.3 is 30.3 Å². The van der Waals surface area contributed by atoms with E-state index in [1.165, 1.54) is 9.80 Å². The largest absolute Gasteiger partial charge is 0.466 e. The minimum Gasteiger partial charge on any atom is -0.466 e. The SMILES string of the molecule is CCOC(=O)CCN1CCN(CC2CN(c3ccc(C(=N)NC(=O)Oc4ccccc4)cc3)C(=O)O2)CC1=O.CS(=O)(=O)OCC1CN(c2ccc(C(=N)NC(=O)Oc3ccccc3)cc2)C(=O)O1. The van der Waals surface area contributed by atoms with Crippen LogP contribution in [0.4, 0.5) is 30.6 Å². The van der Waals surface area contributed by atoms with E-state index >= 15 is 0 Å². The summed E-state index contributed by atoms with van der Waals surface area (Å²) in [6, 6.07) is 29.8. The Kier molecular flexibility index (Phi) is 17.4.